The maximum atomic E-state index is 5.69. The predicted octanol–water partition coefficient (Wildman–Crippen LogP) is 1.84. The van der Waals surface area contributed by atoms with Gasteiger partial charge in [-0.3, -0.25) is 9.58 Å². The van der Waals surface area contributed by atoms with E-state index in [1.165, 1.54) is 11.3 Å². The van der Waals surface area contributed by atoms with Crippen LogP contribution >= 0.6 is 0 Å². The van der Waals surface area contributed by atoms with Crippen molar-refractivity contribution in [3.8, 4) is 0 Å². The van der Waals surface area contributed by atoms with Crippen molar-refractivity contribution in [1.29, 1.82) is 0 Å². The van der Waals surface area contributed by atoms with Crippen LogP contribution in [0.25, 0.3) is 0 Å². The molecule has 1 aliphatic rings. The standard InChI is InChI=1S/C15H27N3O2/c1-11(2)20-9-7-18-6-8-19-10-14(18)15-12(3)16-17(5)13(15)4/h11,14H,6-10H2,1-5H3/t14-/m1/s1. The molecular weight excluding hydrogens is 254 g/mol. The van der Waals surface area contributed by atoms with Gasteiger partial charge in [0, 0.05) is 31.4 Å². The summed E-state index contributed by atoms with van der Waals surface area (Å²) >= 11 is 0. The van der Waals surface area contributed by atoms with E-state index in [9.17, 15) is 0 Å². The Hall–Kier alpha value is -0.910. The van der Waals surface area contributed by atoms with Crippen LogP contribution in [0.3, 0.4) is 0 Å². The van der Waals surface area contributed by atoms with Crippen molar-refractivity contribution < 1.29 is 9.47 Å². The lowest BCUT2D eigenvalue weighted by atomic mass is 10.0. The first-order valence-corrected chi connectivity index (χ1v) is 7.44. The molecule has 0 radical (unpaired) electrons. The molecule has 1 saturated heterocycles. The summed E-state index contributed by atoms with van der Waals surface area (Å²) < 4.78 is 13.3. The molecule has 0 amide bonds. The molecule has 1 aromatic heterocycles. The van der Waals surface area contributed by atoms with E-state index in [1.54, 1.807) is 0 Å². The van der Waals surface area contributed by atoms with Crippen LogP contribution in [-0.2, 0) is 16.5 Å². The van der Waals surface area contributed by atoms with Gasteiger partial charge in [0.15, 0.2) is 0 Å². The quantitative estimate of drug-likeness (QED) is 0.825. The van der Waals surface area contributed by atoms with Crippen molar-refractivity contribution in [2.45, 2.75) is 39.8 Å². The molecule has 2 rings (SSSR count). The average Bonchev–Trinajstić information content (AvgIpc) is 2.64. The van der Waals surface area contributed by atoms with Gasteiger partial charge in [-0.2, -0.15) is 5.10 Å². The highest BCUT2D eigenvalue weighted by molar-refractivity contribution is 5.28. The predicted molar refractivity (Wildman–Crippen MR) is 78.9 cm³/mol. The third-order valence-corrected chi connectivity index (χ3v) is 3.97. The number of ether oxygens (including phenoxy) is 2. The van der Waals surface area contributed by atoms with Gasteiger partial charge in [-0.1, -0.05) is 0 Å². The maximum absolute atomic E-state index is 5.69. The number of aromatic nitrogens is 2. The van der Waals surface area contributed by atoms with Crippen LogP contribution in [0.5, 0.6) is 0 Å². The summed E-state index contributed by atoms with van der Waals surface area (Å²) in [5.74, 6) is 0. The zero-order chi connectivity index (χ0) is 14.7. The first-order chi connectivity index (χ1) is 9.50. The van der Waals surface area contributed by atoms with Gasteiger partial charge in [-0.05, 0) is 27.7 Å². The molecule has 1 fully saturated rings. The highest BCUT2D eigenvalue weighted by Gasteiger charge is 2.28. The van der Waals surface area contributed by atoms with E-state index in [1.807, 2.05) is 11.7 Å². The smallest absolute Gasteiger partial charge is 0.0665 e. The molecule has 0 aromatic carbocycles. The molecule has 5 heteroatoms. The minimum atomic E-state index is 0.288. The highest BCUT2D eigenvalue weighted by atomic mass is 16.5. The van der Waals surface area contributed by atoms with Crippen molar-refractivity contribution in [1.82, 2.24) is 14.7 Å². The fourth-order valence-electron chi connectivity index (χ4n) is 2.85. The van der Waals surface area contributed by atoms with Crippen LogP contribution in [0.2, 0.25) is 0 Å². The van der Waals surface area contributed by atoms with Crippen molar-refractivity contribution >= 4 is 0 Å². The van der Waals surface area contributed by atoms with E-state index < -0.39 is 0 Å². The summed E-state index contributed by atoms with van der Waals surface area (Å²) in [6.07, 6.45) is 0.288. The van der Waals surface area contributed by atoms with Crippen LogP contribution in [0, 0.1) is 13.8 Å². The lowest BCUT2D eigenvalue weighted by Gasteiger charge is -2.36. The highest BCUT2D eigenvalue weighted by Crippen LogP contribution is 2.28. The number of rotatable bonds is 5. The van der Waals surface area contributed by atoms with Crippen LogP contribution in [-0.4, -0.2) is 53.7 Å². The third kappa shape index (κ3) is 3.40. The molecule has 0 unspecified atom stereocenters. The van der Waals surface area contributed by atoms with Crippen molar-refractivity contribution in [2.75, 3.05) is 32.9 Å². The van der Waals surface area contributed by atoms with Gasteiger partial charge in [0.1, 0.15) is 0 Å². The van der Waals surface area contributed by atoms with Crippen LogP contribution in [0.1, 0.15) is 36.8 Å². The topological polar surface area (TPSA) is 39.5 Å². The first-order valence-electron chi connectivity index (χ1n) is 7.44. The van der Waals surface area contributed by atoms with Crippen LogP contribution in [0.4, 0.5) is 0 Å². The molecule has 1 atom stereocenters. The zero-order valence-electron chi connectivity index (χ0n) is 13.3. The summed E-state index contributed by atoms with van der Waals surface area (Å²) in [6.45, 7) is 12.6. The van der Waals surface area contributed by atoms with E-state index in [0.717, 1.165) is 38.6 Å². The molecule has 2 heterocycles. The van der Waals surface area contributed by atoms with E-state index >= 15 is 0 Å². The first kappa shape index (κ1) is 15.5. The van der Waals surface area contributed by atoms with Gasteiger partial charge in [0.25, 0.3) is 0 Å². The molecule has 0 aliphatic carbocycles. The molecular formula is C15H27N3O2. The average molecular weight is 281 g/mol. The van der Waals surface area contributed by atoms with Gasteiger partial charge < -0.3 is 9.47 Å². The number of nitrogens with zero attached hydrogens (tertiary/aromatic N) is 3. The molecule has 0 bridgehead atoms. The van der Waals surface area contributed by atoms with E-state index in [-0.39, 0.29) is 6.10 Å². The molecule has 5 nitrogen and oxygen atoms in total. The number of morpholine rings is 1. The fraction of sp³-hybridized carbons (Fsp3) is 0.800. The van der Waals surface area contributed by atoms with Gasteiger partial charge in [-0.25, -0.2) is 0 Å². The Labute approximate surface area is 121 Å². The Balaban J connectivity index is 2.10. The van der Waals surface area contributed by atoms with Crippen molar-refractivity contribution in [3.63, 3.8) is 0 Å². The minimum Gasteiger partial charge on any atom is -0.378 e. The van der Waals surface area contributed by atoms with Gasteiger partial charge in [-0.15, -0.1) is 0 Å². The maximum Gasteiger partial charge on any atom is 0.0665 e. The monoisotopic (exact) mass is 281 g/mol. The summed E-state index contributed by atoms with van der Waals surface area (Å²) in [7, 11) is 2.00. The Bertz CT molecular complexity index is 443. The van der Waals surface area contributed by atoms with Crippen LogP contribution < -0.4 is 0 Å². The second kappa shape index (κ2) is 6.70. The fourth-order valence-corrected chi connectivity index (χ4v) is 2.85. The van der Waals surface area contributed by atoms with Crippen molar-refractivity contribution in [2.24, 2.45) is 7.05 Å². The van der Waals surface area contributed by atoms with E-state index in [2.05, 4.69) is 37.7 Å². The lowest BCUT2D eigenvalue weighted by Crippen LogP contribution is -2.41. The SMILES string of the molecule is Cc1nn(C)c(C)c1[C@H]1COCCN1CCOC(C)C. The number of hydrogen-bond acceptors (Lipinski definition) is 4. The summed E-state index contributed by atoms with van der Waals surface area (Å²) in [6, 6.07) is 0.299. The summed E-state index contributed by atoms with van der Waals surface area (Å²) in [5.41, 5.74) is 3.65. The van der Waals surface area contributed by atoms with Gasteiger partial charge in [0.2, 0.25) is 0 Å². The molecule has 20 heavy (non-hydrogen) atoms. The lowest BCUT2D eigenvalue weighted by molar-refractivity contribution is -0.0277. The third-order valence-electron chi connectivity index (χ3n) is 3.97. The van der Waals surface area contributed by atoms with E-state index in [0.29, 0.717) is 6.04 Å². The molecule has 0 N–H and O–H groups in total. The molecule has 1 aliphatic heterocycles. The molecule has 0 spiro atoms. The Morgan fingerprint density at radius 2 is 2.15 bits per heavy atom. The van der Waals surface area contributed by atoms with Crippen molar-refractivity contribution in [3.05, 3.63) is 17.0 Å². The van der Waals surface area contributed by atoms with Gasteiger partial charge in [0.05, 0.1) is 37.7 Å². The van der Waals surface area contributed by atoms with Gasteiger partial charge >= 0.3 is 0 Å². The zero-order valence-corrected chi connectivity index (χ0v) is 13.3. The number of hydrogen-bond donors (Lipinski definition) is 0. The number of aryl methyl sites for hydroxylation is 2. The molecule has 114 valence electrons. The Kier molecular flexibility index (Phi) is 5.18. The largest absolute Gasteiger partial charge is 0.378 e. The normalized spacial score (nSPS) is 20.8. The summed E-state index contributed by atoms with van der Waals surface area (Å²) in [5, 5.41) is 4.53. The van der Waals surface area contributed by atoms with Crippen LogP contribution in [0.15, 0.2) is 0 Å². The minimum absolute atomic E-state index is 0.288. The molecule has 1 aromatic rings. The second-order valence-electron chi connectivity index (χ2n) is 5.75. The van der Waals surface area contributed by atoms with E-state index in [4.69, 9.17) is 9.47 Å². The second-order valence-corrected chi connectivity index (χ2v) is 5.75. The summed E-state index contributed by atoms with van der Waals surface area (Å²) in [4.78, 5) is 2.46. The Morgan fingerprint density at radius 1 is 1.40 bits per heavy atom. The Morgan fingerprint density at radius 3 is 2.75 bits per heavy atom. The molecule has 0 saturated carbocycles.